The molecule has 0 aromatic carbocycles. The summed E-state index contributed by atoms with van der Waals surface area (Å²) in [6.45, 7) is 5.34. The van der Waals surface area contributed by atoms with Gasteiger partial charge in [-0.15, -0.1) is 0 Å². The molecule has 74 valence electrons. The second-order valence-electron chi connectivity index (χ2n) is 5.34. The van der Waals surface area contributed by atoms with E-state index in [1.165, 1.54) is 0 Å². The Kier molecular flexibility index (Phi) is 1.99. The summed E-state index contributed by atoms with van der Waals surface area (Å²) in [4.78, 5) is 4.51. The van der Waals surface area contributed by atoms with E-state index < -0.39 is 5.60 Å². The second kappa shape index (κ2) is 2.81. The first-order chi connectivity index (χ1) is 6.02. The molecular weight excluding hydrogens is 162 g/mol. The second-order valence-corrected chi connectivity index (χ2v) is 5.34. The molecule has 0 spiro atoms. The third-order valence-corrected chi connectivity index (χ3v) is 3.31. The lowest BCUT2D eigenvalue weighted by Gasteiger charge is -2.24. The Bertz CT molecular complexity index is 236. The third-order valence-electron chi connectivity index (χ3n) is 3.31. The summed E-state index contributed by atoms with van der Waals surface area (Å²) in [5, 5.41) is 10.3. The van der Waals surface area contributed by atoms with Crippen LogP contribution in [0.2, 0.25) is 0 Å². The average Bonchev–Trinajstić information content (AvgIpc) is 2.58. The number of nitrogens with zero attached hydrogens (tertiary/aromatic N) is 1. The normalized spacial score (nSPS) is 30.5. The number of aliphatic hydroxyl groups is 1. The zero-order valence-electron chi connectivity index (χ0n) is 8.64. The van der Waals surface area contributed by atoms with Gasteiger partial charge in [0.15, 0.2) is 0 Å². The van der Waals surface area contributed by atoms with E-state index in [1.807, 2.05) is 0 Å². The largest absolute Gasteiger partial charge is 0.384 e. The van der Waals surface area contributed by atoms with E-state index in [-0.39, 0.29) is 5.41 Å². The number of aliphatic imine (C=N–C) groups is 1. The first-order valence-corrected chi connectivity index (χ1v) is 5.28. The summed E-state index contributed by atoms with van der Waals surface area (Å²) in [5.41, 5.74) is 0.844. The van der Waals surface area contributed by atoms with Gasteiger partial charge < -0.3 is 5.11 Å². The van der Waals surface area contributed by atoms with E-state index in [2.05, 4.69) is 18.8 Å². The summed E-state index contributed by atoms with van der Waals surface area (Å²) < 4.78 is 0. The van der Waals surface area contributed by atoms with Crippen LogP contribution in [0.25, 0.3) is 0 Å². The molecule has 13 heavy (non-hydrogen) atoms. The van der Waals surface area contributed by atoms with Crippen molar-refractivity contribution < 1.29 is 5.11 Å². The van der Waals surface area contributed by atoms with Crippen LogP contribution in [0.3, 0.4) is 0 Å². The molecule has 2 aliphatic rings. The van der Waals surface area contributed by atoms with Gasteiger partial charge in [-0.2, -0.15) is 0 Å². The first-order valence-electron chi connectivity index (χ1n) is 5.28. The molecule has 1 aliphatic heterocycles. The molecular formula is C11H19NO. The van der Waals surface area contributed by atoms with E-state index in [4.69, 9.17) is 0 Å². The lowest BCUT2D eigenvalue weighted by molar-refractivity contribution is 0.117. The Labute approximate surface area is 80.1 Å². The van der Waals surface area contributed by atoms with Crippen LogP contribution in [0, 0.1) is 5.41 Å². The van der Waals surface area contributed by atoms with Crippen molar-refractivity contribution in [3.8, 4) is 0 Å². The smallest absolute Gasteiger partial charge is 0.102 e. The predicted octanol–water partition coefficient (Wildman–Crippen LogP) is 2.16. The summed E-state index contributed by atoms with van der Waals surface area (Å²) in [6, 6.07) is 0. The highest BCUT2D eigenvalue weighted by atomic mass is 16.3. The molecule has 0 amide bonds. The highest BCUT2D eigenvalue weighted by Crippen LogP contribution is 2.38. The summed E-state index contributed by atoms with van der Waals surface area (Å²) >= 11 is 0. The topological polar surface area (TPSA) is 32.6 Å². The quantitative estimate of drug-likeness (QED) is 0.660. The van der Waals surface area contributed by atoms with E-state index in [0.29, 0.717) is 0 Å². The van der Waals surface area contributed by atoms with Gasteiger partial charge in [0, 0.05) is 12.3 Å². The molecule has 1 heterocycles. The Balaban J connectivity index is 2.10. The van der Waals surface area contributed by atoms with Gasteiger partial charge in [0.1, 0.15) is 5.60 Å². The van der Waals surface area contributed by atoms with Crippen LogP contribution in [0.4, 0.5) is 0 Å². The van der Waals surface area contributed by atoms with Crippen molar-refractivity contribution in [1.29, 1.82) is 0 Å². The fourth-order valence-electron chi connectivity index (χ4n) is 2.43. The van der Waals surface area contributed by atoms with Gasteiger partial charge in [-0.1, -0.05) is 26.7 Å². The molecule has 0 unspecified atom stereocenters. The maximum absolute atomic E-state index is 10.3. The molecule has 1 N–H and O–H groups in total. The van der Waals surface area contributed by atoms with Gasteiger partial charge in [-0.3, -0.25) is 4.99 Å². The Hall–Kier alpha value is -0.370. The minimum atomic E-state index is -0.520. The van der Waals surface area contributed by atoms with Crippen molar-refractivity contribution in [3.63, 3.8) is 0 Å². The highest BCUT2D eigenvalue weighted by Gasteiger charge is 2.41. The molecule has 1 fully saturated rings. The number of hydrogen-bond acceptors (Lipinski definition) is 2. The number of hydrogen-bond donors (Lipinski definition) is 1. The molecule has 0 saturated heterocycles. The molecule has 0 bridgehead atoms. The SMILES string of the molecule is CC1(C)CN=C(C2(O)CCCC2)C1. The van der Waals surface area contributed by atoms with Crippen molar-refractivity contribution in [2.45, 2.75) is 51.6 Å². The zero-order chi connectivity index (χ0) is 9.53. The van der Waals surface area contributed by atoms with Gasteiger partial charge in [0.25, 0.3) is 0 Å². The van der Waals surface area contributed by atoms with E-state index >= 15 is 0 Å². The van der Waals surface area contributed by atoms with Crippen LogP contribution in [0.1, 0.15) is 46.0 Å². The van der Waals surface area contributed by atoms with E-state index in [9.17, 15) is 5.11 Å². The Morgan fingerprint density at radius 2 is 1.85 bits per heavy atom. The maximum Gasteiger partial charge on any atom is 0.102 e. The van der Waals surface area contributed by atoms with Crippen molar-refractivity contribution in [2.75, 3.05) is 6.54 Å². The maximum atomic E-state index is 10.3. The minimum absolute atomic E-state index is 0.285. The molecule has 1 aliphatic carbocycles. The molecule has 0 aromatic rings. The number of rotatable bonds is 1. The van der Waals surface area contributed by atoms with Crippen LogP contribution >= 0.6 is 0 Å². The first kappa shape index (κ1) is 9.20. The van der Waals surface area contributed by atoms with Crippen LogP contribution in [-0.2, 0) is 0 Å². The van der Waals surface area contributed by atoms with Gasteiger partial charge >= 0.3 is 0 Å². The van der Waals surface area contributed by atoms with Crippen molar-refractivity contribution in [1.82, 2.24) is 0 Å². The predicted molar refractivity (Wildman–Crippen MR) is 54.1 cm³/mol. The monoisotopic (exact) mass is 181 g/mol. The van der Waals surface area contributed by atoms with Crippen LogP contribution < -0.4 is 0 Å². The molecule has 2 rings (SSSR count). The van der Waals surface area contributed by atoms with Crippen molar-refractivity contribution in [3.05, 3.63) is 0 Å². The molecule has 0 aromatic heterocycles. The molecule has 2 heteroatoms. The van der Waals surface area contributed by atoms with Crippen LogP contribution in [-0.4, -0.2) is 23.0 Å². The summed E-state index contributed by atoms with van der Waals surface area (Å²) in [7, 11) is 0. The van der Waals surface area contributed by atoms with Crippen LogP contribution in [0.15, 0.2) is 4.99 Å². The van der Waals surface area contributed by atoms with Crippen molar-refractivity contribution >= 4 is 5.71 Å². The summed E-state index contributed by atoms with van der Waals surface area (Å²) in [6.07, 6.45) is 5.18. The lowest BCUT2D eigenvalue weighted by Crippen LogP contribution is -2.35. The standard InChI is InChI=1S/C11H19NO/c1-10(2)7-9(12-8-10)11(13)5-3-4-6-11/h13H,3-8H2,1-2H3. The fourth-order valence-corrected chi connectivity index (χ4v) is 2.43. The van der Waals surface area contributed by atoms with Crippen LogP contribution in [0.5, 0.6) is 0 Å². The third kappa shape index (κ3) is 1.64. The van der Waals surface area contributed by atoms with E-state index in [0.717, 1.165) is 44.4 Å². The van der Waals surface area contributed by atoms with Gasteiger partial charge in [0.2, 0.25) is 0 Å². The van der Waals surface area contributed by atoms with E-state index in [1.54, 1.807) is 0 Å². The molecule has 2 nitrogen and oxygen atoms in total. The zero-order valence-corrected chi connectivity index (χ0v) is 8.64. The fraction of sp³-hybridized carbons (Fsp3) is 0.909. The van der Waals surface area contributed by atoms with Crippen molar-refractivity contribution in [2.24, 2.45) is 10.4 Å². The molecule has 0 radical (unpaired) electrons. The molecule has 0 atom stereocenters. The average molecular weight is 181 g/mol. The van der Waals surface area contributed by atoms with Gasteiger partial charge in [-0.25, -0.2) is 0 Å². The van der Waals surface area contributed by atoms with Gasteiger partial charge in [0.05, 0.1) is 0 Å². The van der Waals surface area contributed by atoms with Gasteiger partial charge in [-0.05, 0) is 24.7 Å². The summed E-state index contributed by atoms with van der Waals surface area (Å²) in [5.74, 6) is 0. The Morgan fingerprint density at radius 3 is 2.31 bits per heavy atom. The molecule has 1 saturated carbocycles. The highest BCUT2D eigenvalue weighted by molar-refractivity contribution is 5.94. The minimum Gasteiger partial charge on any atom is -0.384 e. The lowest BCUT2D eigenvalue weighted by atomic mass is 9.84. The Morgan fingerprint density at radius 1 is 1.23 bits per heavy atom.